The third-order valence-corrected chi connectivity index (χ3v) is 4.67. The van der Waals surface area contributed by atoms with E-state index in [-0.39, 0.29) is 5.91 Å². The van der Waals surface area contributed by atoms with Crippen LogP contribution in [0, 0.1) is 5.41 Å². The minimum absolute atomic E-state index is 0.206. The quantitative estimate of drug-likeness (QED) is 0.797. The number of primary amides is 1. The number of nitrogens with two attached hydrogens (primary N) is 1. The number of carbonyl (C=O) groups excluding carboxylic acids is 1. The van der Waals surface area contributed by atoms with E-state index in [2.05, 4.69) is 4.90 Å². The molecule has 0 bridgehead atoms. The Morgan fingerprint density at radius 2 is 1.89 bits per heavy atom. The number of nitrogens with zero attached hydrogens (tertiary/aromatic N) is 1. The van der Waals surface area contributed by atoms with E-state index in [1.54, 1.807) is 0 Å². The van der Waals surface area contributed by atoms with Crippen LogP contribution in [-0.2, 0) is 4.79 Å². The summed E-state index contributed by atoms with van der Waals surface area (Å²) in [4.78, 5) is 13.8. The summed E-state index contributed by atoms with van der Waals surface area (Å²) in [5.41, 5.74) is 4.55. The zero-order valence-electron chi connectivity index (χ0n) is 11.5. The molecule has 1 heterocycles. The van der Waals surface area contributed by atoms with Gasteiger partial charge in [-0.15, -0.1) is 0 Å². The van der Waals surface area contributed by atoms with Crippen molar-refractivity contribution in [2.24, 2.45) is 11.1 Å². The maximum Gasteiger partial charge on any atom is 0.224 e. The molecular formula is C14H26N2O2. The van der Waals surface area contributed by atoms with Crippen LogP contribution in [0.15, 0.2) is 0 Å². The van der Waals surface area contributed by atoms with Gasteiger partial charge in [-0.2, -0.15) is 0 Å². The number of likely N-dealkylation sites (tertiary alicyclic amines) is 1. The Labute approximate surface area is 110 Å². The largest absolute Gasteiger partial charge is 0.389 e. The molecule has 1 saturated heterocycles. The van der Waals surface area contributed by atoms with Crippen molar-refractivity contribution in [2.45, 2.75) is 57.5 Å². The maximum atomic E-state index is 11.5. The molecular weight excluding hydrogens is 228 g/mol. The molecule has 18 heavy (non-hydrogen) atoms. The van der Waals surface area contributed by atoms with Crippen LogP contribution in [-0.4, -0.2) is 41.1 Å². The molecule has 4 nitrogen and oxygen atoms in total. The average Bonchev–Trinajstić information content (AvgIpc) is 2.29. The smallest absolute Gasteiger partial charge is 0.224 e. The Morgan fingerprint density at radius 1 is 1.22 bits per heavy atom. The van der Waals surface area contributed by atoms with Crippen LogP contribution in [0.1, 0.15) is 51.9 Å². The molecule has 1 aliphatic heterocycles. The van der Waals surface area contributed by atoms with E-state index in [9.17, 15) is 9.90 Å². The Bertz CT molecular complexity index is 313. The zero-order chi connectivity index (χ0) is 13.2. The van der Waals surface area contributed by atoms with Crippen LogP contribution in [0.4, 0.5) is 0 Å². The molecule has 0 aromatic carbocycles. The predicted molar refractivity (Wildman–Crippen MR) is 71.0 cm³/mol. The molecule has 1 saturated carbocycles. The first-order valence-electron chi connectivity index (χ1n) is 7.18. The van der Waals surface area contributed by atoms with Crippen LogP contribution in [0.5, 0.6) is 0 Å². The van der Waals surface area contributed by atoms with Crippen molar-refractivity contribution in [3.63, 3.8) is 0 Å². The van der Waals surface area contributed by atoms with Crippen LogP contribution in [0.25, 0.3) is 0 Å². The van der Waals surface area contributed by atoms with Gasteiger partial charge in [0.05, 0.1) is 11.0 Å². The van der Waals surface area contributed by atoms with E-state index in [4.69, 9.17) is 5.73 Å². The molecule has 3 N–H and O–H groups in total. The third kappa shape index (κ3) is 3.04. The lowest BCUT2D eigenvalue weighted by atomic mass is 9.79. The number of carbonyl (C=O) groups is 1. The zero-order valence-corrected chi connectivity index (χ0v) is 11.5. The predicted octanol–water partition coefficient (Wildman–Crippen LogP) is 1.27. The fourth-order valence-electron chi connectivity index (χ4n) is 3.46. The van der Waals surface area contributed by atoms with Gasteiger partial charge < -0.3 is 10.8 Å². The second-order valence-corrected chi connectivity index (χ2v) is 6.52. The Kier molecular flexibility index (Phi) is 3.97. The van der Waals surface area contributed by atoms with E-state index >= 15 is 0 Å². The number of β-amino-alcohol motifs (C(OH)–C–C–N with tert-alkyl or cyclic N) is 1. The fourth-order valence-corrected chi connectivity index (χ4v) is 3.46. The molecule has 1 amide bonds. The number of rotatable bonds is 3. The van der Waals surface area contributed by atoms with Gasteiger partial charge in [-0.1, -0.05) is 19.3 Å². The van der Waals surface area contributed by atoms with Gasteiger partial charge >= 0.3 is 0 Å². The number of amides is 1. The molecule has 1 atom stereocenters. The molecule has 2 rings (SSSR count). The summed E-state index contributed by atoms with van der Waals surface area (Å²) in [6, 6.07) is 0. The van der Waals surface area contributed by atoms with Crippen molar-refractivity contribution in [2.75, 3.05) is 19.6 Å². The van der Waals surface area contributed by atoms with Crippen molar-refractivity contribution in [1.82, 2.24) is 4.90 Å². The molecule has 2 aliphatic rings. The molecule has 1 aliphatic carbocycles. The van der Waals surface area contributed by atoms with Gasteiger partial charge in [0.25, 0.3) is 0 Å². The number of aliphatic hydroxyl groups is 1. The van der Waals surface area contributed by atoms with E-state index < -0.39 is 11.0 Å². The topological polar surface area (TPSA) is 66.6 Å². The standard InChI is InChI=1S/C14H26N2O2/c1-13(12(15)17)6-5-9-16(10-13)11-14(18)7-3-2-4-8-14/h18H,2-11H2,1H3,(H2,15,17)/t13-/m0/s1. The Balaban J connectivity index is 1.95. The minimum atomic E-state index is -0.534. The van der Waals surface area contributed by atoms with Gasteiger partial charge in [-0.05, 0) is 39.2 Å². The first-order valence-corrected chi connectivity index (χ1v) is 7.18. The lowest BCUT2D eigenvalue weighted by Gasteiger charge is -2.43. The molecule has 0 aromatic heterocycles. The van der Waals surface area contributed by atoms with Gasteiger partial charge in [0, 0.05) is 13.1 Å². The molecule has 104 valence electrons. The van der Waals surface area contributed by atoms with Gasteiger partial charge in [0.2, 0.25) is 5.91 Å². The molecule has 0 unspecified atom stereocenters. The van der Waals surface area contributed by atoms with E-state index in [1.165, 1.54) is 6.42 Å². The number of piperidine rings is 1. The average molecular weight is 254 g/mol. The van der Waals surface area contributed by atoms with E-state index in [1.807, 2.05) is 6.92 Å². The van der Waals surface area contributed by atoms with Gasteiger partial charge in [-0.3, -0.25) is 9.69 Å². The second-order valence-electron chi connectivity index (χ2n) is 6.52. The SMILES string of the molecule is C[C@]1(C(N)=O)CCCN(CC2(O)CCCCC2)C1. The van der Waals surface area contributed by atoms with Gasteiger partial charge in [0.15, 0.2) is 0 Å². The van der Waals surface area contributed by atoms with Gasteiger partial charge in [-0.25, -0.2) is 0 Å². The fraction of sp³-hybridized carbons (Fsp3) is 0.929. The van der Waals surface area contributed by atoms with Crippen LogP contribution < -0.4 is 5.73 Å². The monoisotopic (exact) mass is 254 g/mol. The highest BCUT2D eigenvalue weighted by Crippen LogP contribution is 2.33. The lowest BCUT2D eigenvalue weighted by molar-refractivity contribution is -0.131. The highest BCUT2D eigenvalue weighted by Gasteiger charge is 2.39. The van der Waals surface area contributed by atoms with Crippen molar-refractivity contribution in [1.29, 1.82) is 0 Å². The first kappa shape index (κ1) is 13.8. The Hall–Kier alpha value is -0.610. The first-order chi connectivity index (χ1) is 8.44. The van der Waals surface area contributed by atoms with Gasteiger partial charge in [0.1, 0.15) is 0 Å². The second kappa shape index (κ2) is 5.17. The number of hydrogen-bond acceptors (Lipinski definition) is 3. The maximum absolute atomic E-state index is 11.5. The van der Waals surface area contributed by atoms with Crippen LogP contribution in [0.2, 0.25) is 0 Å². The van der Waals surface area contributed by atoms with Crippen molar-refractivity contribution >= 4 is 5.91 Å². The van der Waals surface area contributed by atoms with E-state index in [0.29, 0.717) is 13.1 Å². The summed E-state index contributed by atoms with van der Waals surface area (Å²) >= 11 is 0. The molecule has 0 aromatic rings. The number of hydrogen-bond donors (Lipinski definition) is 2. The molecule has 4 heteroatoms. The molecule has 0 radical (unpaired) electrons. The minimum Gasteiger partial charge on any atom is -0.389 e. The summed E-state index contributed by atoms with van der Waals surface area (Å²) < 4.78 is 0. The van der Waals surface area contributed by atoms with Crippen molar-refractivity contribution < 1.29 is 9.90 Å². The summed E-state index contributed by atoms with van der Waals surface area (Å²) in [6.07, 6.45) is 7.15. The summed E-state index contributed by atoms with van der Waals surface area (Å²) in [5, 5.41) is 10.6. The van der Waals surface area contributed by atoms with E-state index in [0.717, 1.165) is 45.1 Å². The highest BCUT2D eigenvalue weighted by atomic mass is 16.3. The summed E-state index contributed by atoms with van der Waals surface area (Å²) in [5.74, 6) is -0.206. The Morgan fingerprint density at radius 3 is 2.50 bits per heavy atom. The van der Waals surface area contributed by atoms with Crippen LogP contribution in [0.3, 0.4) is 0 Å². The normalized spacial score (nSPS) is 33.2. The van der Waals surface area contributed by atoms with Crippen LogP contribution >= 0.6 is 0 Å². The van der Waals surface area contributed by atoms with Crippen molar-refractivity contribution in [3.05, 3.63) is 0 Å². The third-order valence-electron chi connectivity index (χ3n) is 4.67. The molecule has 2 fully saturated rings. The lowest BCUT2D eigenvalue weighted by Crippen LogP contribution is -2.53. The summed E-state index contributed by atoms with van der Waals surface area (Å²) in [6.45, 7) is 4.33. The highest BCUT2D eigenvalue weighted by molar-refractivity contribution is 5.80. The van der Waals surface area contributed by atoms with Crippen molar-refractivity contribution in [3.8, 4) is 0 Å². The molecule has 0 spiro atoms. The summed E-state index contributed by atoms with van der Waals surface area (Å²) in [7, 11) is 0.